The van der Waals surface area contributed by atoms with Crippen molar-refractivity contribution in [3.05, 3.63) is 66.0 Å². The maximum atomic E-state index is 12.9. The summed E-state index contributed by atoms with van der Waals surface area (Å²) in [6.45, 7) is 2.07. The van der Waals surface area contributed by atoms with E-state index >= 15 is 0 Å². The van der Waals surface area contributed by atoms with Crippen LogP contribution in [0.15, 0.2) is 54.6 Å². The predicted octanol–water partition coefficient (Wildman–Crippen LogP) is 3.54. The molecular weight excluding hydrogens is 257 g/mol. The van der Waals surface area contributed by atoms with E-state index < -0.39 is 6.04 Å². The van der Waals surface area contributed by atoms with E-state index in [-0.39, 0.29) is 11.8 Å². The van der Waals surface area contributed by atoms with Gasteiger partial charge in [0, 0.05) is 5.69 Å². The second-order valence-electron chi connectivity index (χ2n) is 4.25. The van der Waals surface area contributed by atoms with Crippen LogP contribution >= 0.6 is 0 Å². The number of nitrogens with one attached hydrogen (secondary N) is 1. The van der Waals surface area contributed by atoms with Crippen LogP contribution in [0.4, 0.5) is 10.1 Å². The number of benzene rings is 2. The zero-order valence-electron chi connectivity index (χ0n) is 11.2. The Kier molecular flexibility index (Phi) is 4.71. The maximum Gasteiger partial charge on any atom is 0.333 e. The molecule has 104 valence electrons. The number of anilines is 1. The van der Waals surface area contributed by atoms with Crippen molar-refractivity contribution in [2.24, 2.45) is 0 Å². The highest BCUT2D eigenvalue weighted by atomic mass is 19.1. The Labute approximate surface area is 117 Å². The zero-order valence-corrected chi connectivity index (χ0v) is 11.2. The van der Waals surface area contributed by atoms with Crippen LogP contribution in [0.2, 0.25) is 0 Å². The molecule has 4 heteroatoms. The third-order valence-electron chi connectivity index (χ3n) is 2.81. The van der Waals surface area contributed by atoms with Gasteiger partial charge in [-0.3, -0.25) is 0 Å². The van der Waals surface area contributed by atoms with Crippen LogP contribution in [0.25, 0.3) is 0 Å². The summed E-state index contributed by atoms with van der Waals surface area (Å²) in [7, 11) is 0. The summed E-state index contributed by atoms with van der Waals surface area (Å²) in [5.41, 5.74) is 1.46. The first-order valence-electron chi connectivity index (χ1n) is 6.44. The average molecular weight is 273 g/mol. The van der Waals surface area contributed by atoms with Crippen molar-refractivity contribution in [2.75, 3.05) is 11.9 Å². The number of esters is 1. The molecule has 0 bridgehead atoms. The normalized spacial score (nSPS) is 11.7. The molecule has 0 spiro atoms. The summed E-state index contributed by atoms with van der Waals surface area (Å²) in [6, 6.07) is 14.5. The first-order valence-corrected chi connectivity index (χ1v) is 6.44. The second-order valence-corrected chi connectivity index (χ2v) is 4.25. The van der Waals surface area contributed by atoms with Gasteiger partial charge >= 0.3 is 5.97 Å². The fourth-order valence-electron chi connectivity index (χ4n) is 1.86. The second kappa shape index (κ2) is 6.70. The van der Waals surface area contributed by atoms with Gasteiger partial charge < -0.3 is 10.1 Å². The van der Waals surface area contributed by atoms with Crippen LogP contribution in [0.3, 0.4) is 0 Å². The number of ether oxygens (including phenoxy) is 1. The predicted molar refractivity (Wildman–Crippen MR) is 75.8 cm³/mol. The molecule has 0 fully saturated rings. The van der Waals surface area contributed by atoms with Gasteiger partial charge in [0.25, 0.3) is 0 Å². The SMILES string of the molecule is CCOC(=O)C(Nc1ccc(F)cc1)c1ccccc1. The molecule has 20 heavy (non-hydrogen) atoms. The van der Waals surface area contributed by atoms with Gasteiger partial charge in [-0.25, -0.2) is 9.18 Å². The number of hydrogen-bond acceptors (Lipinski definition) is 3. The van der Waals surface area contributed by atoms with Crippen molar-refractivity contribution in [3.8, 4) is 0 Å². The van der Waals surface area contributed by atoms with E-state index in [1.807, 2.05) is 30.3 Å². The Morgan fingerprint density at radius 3 is 2.40 bits per heavy atom. The van der Waals surface area contributed by atoms with Gasteiger partial charge in [0.1, 0.15) is 5.82 Å². The summed E-state index contributed by atoms with van der Waals surface area (Å²) in [6.07, 6.45) is 0. The molecule has 2 aromatic carbocycles. The Morgan fingerprint density at radius 1 is 1.15 bits per heavy atom. The highest BCUT2D eigenvalue weighted by molar-refractivity contribution is 5.81. The summed E-state index contributed by atoms with van der Waals surface area (Å²) in [5, 5.41) is 3.07. The van der Waals surface area contributed by atoms with Gasteiger partial charge in [-0.1, -0.05) is 30.3 Å². The van der Waals surface area contributed by atoms with E-state index in [4.69, 9.17) is 4.74 Å². The van der Waals surface area contributed by atoms with E-state index in [2.05, 4.69) is 5.32 Å². The van der Waals surface area contributed by atoms with Crippen LogP contribution in [-0.2, 0) is 9.53 Å². The third-order valence-corrected chi connectivity index (χ3v) is 2.81. The van der Waals surface area contributed by atoms with E-state index in [1.165, 1.54) is 12.1 Å². The van der Waals surface area contributed by atoms with Crippen molar-refractivity contribution < 1.29 is 13.9 Å². The molecule has 0 aliphatic rings. The topological polar surface area (TPSA) is 38.3 Å². The minimum atomic E-state index is -0.610. The van der Waals surface area contributed by atoms with Crippen LogP contribution in [-0.4, -0.2) is 12.6 Å². The number of carbonyl (C=O) groups is 1. The van der Waals surface area contributed by atoms with Gasteiger partial charge in [0.2, 0.25) is 0 Å². The molecule has 0 radical (unpaired) electrons. The van der Waals surface area contributed by atoms with E-state index in [1.54, 1.807) is 19.1 Å². The van der Waals surface area contributed by atoms with Gasteiger partial charge in [-0.05, 0) is 36.8 Å². The highest BCUT2D eigenvalue weighted by Crippen LogP contribution is 2.21. The maximum absolute atomic E-state index is 12.9. The highest BCUT2D eigenvalue weighted by Gasteiger charge is 2.21. The molecule has 0 aromatic heterocycles. The molecular formula is C16H16FNO2. The molecule has 1 N–H and O–H groups in total. The molecule has 0 aliphatic carbocycles. The van der Waals surface area contributed by atoms with E-state index in [0.717, 1.165) is 5.56 Å². The average Bonchev–Trinajstić information content (AvgIpc) is 2.48. The number of halogens is 1. The Hall–Kier alpha value is -2.36. The van der Waals surface area contributed by atoms with E-state index in [0.29, 0.717) is 12.3 Å². The fourth-order valence-corrected chi connectivity index (χ4v) is 1.86. The van der Waals surface area contributed by atoms with Crippen LogP contribution in [0.5, 0.6) is 0 Å². The van der Waals surface area contributed by atoms with Crippen molar-refractivity contribution >= 4 is 11.7 Å². The van der Waals surface area contributed by atoms with Gasteiger partial charge in [-0.2, -0.15) is 0 Å². The summed E-state index contributed by atoms with van der Waals surface area (Å²) in [5.74, 6) is -0.675. The van der Waals surface area contributed by atoms with Gasteiger partial charge in [0.05, 0.1) is 6.61 Å². The quantitative estimate of drug-likeness (QED) is 0.847. The van der Waals surface area contributed by atoms with Gasteiger partial charge in [-0.15, -0.1) is 0 Å². The standard InChI is InChI=1S/C16H16FNO2/c1-2-20-16(19)15(12-6-4-3-5-7-12)18-14-10-8-13(17)9-11-14/h3-11,15,18H,2H2,1H3. The van der Waals surface area contributed by atoms with Crippen LogP contribution < -0.4 is 5.32 Å². The fraction of sp³-hybridized carbons (Fsp3) is 0.188. The third kappa shape index (κ3) is 3.57. The molecule has 0 saturated carbocycles. The summed E-state index contributed by atoms with van der Waals surface area (Å²) in [4.78, 5) is 12.1. The molecule has 1 atom stereocenters. The number of hydrogen-bond donors (Lipinski definition) is 1. The molecule has 0 saturated heterocycles. The minimum absolute atomic E-state index is 0.313. The van der Waals surface area contributed by atoms with Crippen molar-refractivity contribution in [1.29, 1.82) is 0 Å². The van der Waals surface area contributed by atoms with E-state index in [9.17, 15) is 9.18 Å². The van der Waals surface area contributed by atoms with Crippen molar-refractivity contribution in [1.82, 2.24) is 0 Å². The lowest BCUT2D eigenvalue weighted by Gasteiger charge is -2.18. The number of rotatable bonds is 5. The molecule has 2 rings (SSSR count). The summed E-state index contributed by atoms with van der Waals surface area (Å²) < 4.78 is 18.0. The minimum Gasteiger partial charge on any atom is -0.464 e. The van der Waals surface area contributed by atoms with Crippen LogP contribution in [0, 0.1) is 5.82 Å². The lowest BCUT2D eigenvalue weighted by molar-refractivity contribution is -0.144. The van der Waals surface area contributed by atoms with Crippen molar-refractivity contribution in [3.63, 3.8) is 0 Å². The molecule has 1 unspecified atom stereocenters. The Bertz CT molecular complexity index is 554. The largest absolute Gasteiger partial charge is 0.464 e. The molecule has 0 amide bonds. The monoisotopic (exact) mass is 273 g/mol. The zero-order chi connectivity index (χ0) is 14.4. The van der Waals surface area contributed by atoms with Crippen LogP contribution in [0.1, 0.15) is 18.5 Å². The van der Waals surface area contributed by atoms with Gasteiger partial charge in [0.15, 0.2) is 6.04 Å². The lowest BCUT2D eigenvalue weighted by atomic mass is 10.1. The lowest BCUT2D eigenvalue weighted by Crippen LogP contribution is -2.23. The first-order chi connectivity index (χ1) is 9.70. The number of carbonyl (C=O) groups excluding carboxylic acids is 1. The summed E-state index contributed by atoms with van der Waals surface area (Å²) >= 11 is 0. The molecule has 0 aliphatic heterocycles. The first kappa shape index (κ1) is 14.1. The molecule has 2 aromatic rings. The smallest absolute Gasteiger partial charge is 0.333 e. The molecule has 3 nitrogen and oxygen atoms in total. The van der Waals surface area contributed by atoms with Crippen molar-refractivity contribution in [2.45, 2.75) is 13.0 Å². The Balaban J connectivity index is 2.23. The molecule has 0 heterocycles. The Morgan fingerprint density at radius 2 is 1.80 bits per heavy atom.